The van der Waals surface area contributed by atoms with Gasteiger partial charge in [-0.3, -0.25) is 9.10 Å². The average Bonchev–Trinajstić information content (AvgIpc) is 2.67. The van der Waals surface area contributed by atoms with Crippen molar-refractivity contribution in [3.05, 3.63) is 51.0 Å². The number of nitrogens with one attached hydrogen (secondary N) is 1. The third-order valence-corrected chi connectivity index (χ3v) is 5.98. The van der Waals surface area contributed by atoms with Crippen LogP contribution in [0.5, 0.6) is 11.5 Å². The Balaban J connectivity index is 2.22. The van der Waals surface area contributed by atoms with Gasteiger partial charge in [-0.15, -0.1) is 0 Å². The number of aromatic hydroxyl groups is 1. The molecule has 0 saturated carbocycles. The number of benzene rings is 2. The second kappa shape index (κ2) is 9.96. The number of halogens is 5. The van der Waals surface area contributed by atoms with Gasteiger partial charge in [0.05, 0.1) is 40.3 Å². The van der Waals surface area contributed by atoms with Crippen LogP contribution in [-0.2, 0) is 21.0 Å². The van der Waals surface area contributed by atoms with Crippen LogP contribution in [0.1, 0.15) is 11.1 Å². The maximum atomic E-state index is 13.1. The highest BCUT2D eigenvalue weighted by Crippen LogP contribution is 2.37. The standard InChI is InChI=1S/C18H16BrClF3N3O5S/c1-31-15-6-10(5-13(19)17(15)28)8-24-25-16(27)9-26(32(2,29)30)11-3-4-14(20)12(7-11)18(21,22)23/h3-8,28H,9H2,1-2H3,(H,25,27)/b24-8-. The maximum absolute atomic E-state index is 13.1. The fourth-order valence-corrected chi connectivity index (χ4v) is 3.99. The topological polar surface area (TPSA) is 108 Å². The molecule has 0 radical (unpaired) electrons. The Hall–Kier alpha value is -2.51. The van der Waals surface area contributed by atoms with Crippen molar-refractivity contribution in [2.75, 3.05) is 24.2 Å². The lowest BCUT2D eigenvalue weighted by atomic mass is 10.2. The largest absolute Gasteiger partial charge is 0.503 e. The van der Waals surface area contributed by atoms with Gasteiger partial charge in [0, 0.05) is 0 Å². The molecule has 0 aliphatic carbocycles. The zero-order valence-corrected chi connectivity index (χ0v) is 19.6. The Morgan fingerprint density at radius 3 is 2.56 bits per heavy atom. The normalized spacial score (nSPS) is 12.1. The van der Waals surface area contributed by atoms with Crippen molar-refractivity contribution in [2.45, 2.75) is 6.18 Å². The first kappa shape index (κ1) is 25.7. The number of alkyl halides is 3. The van der Waals surface area contributed by atoms with Crippen molar-refractivity contribution >= 4 is 55.4 Å². The van der Waals surface area contributed by atoms with E-state index in [1.165, 1.54) is 25.5 Å². The number of methoxy groups -OCH3 is 1. The SMILES string of the molecule is COc1cc(/C=N\NC(=O)CN(c2ccc(Cl)c(C(F)(F)F)c2)S(C)(=O)=O)cc(Br)c1O. The van der Waals surface area contributed by atoms with Crippen molar-refractivity contribution < 1.29 is 36.2 Å². The first-order valence-electron chi connectivity index (χ1n) is 8.47. The fourth-order valence-electron chi connectivity index (χ4n) is 2.45. The second-order valence-corrected chi connectivity index (χ2v) is 9.45. The molecular weight excluding hydrogens is 543 g/mol. The minimum Gasteiger partial charge on any atom is -0.503 e. The van der Waals surface area contributed by atoms with E-state index in [1.807, 2.05) is 0 Å². The molecule has 0 unspecified atom stereocenters. The van der Waals surface area contributed by atoms with Crippen LogP contribution < -0.4 is 14.5 Å². The Kier molecular flexibility index (Phi) is 8.02. The van der Waals surface area contributed by atoms with E-state index < -0.39 is 44.9 Å². The highest BCUT2D eigenvalue weighted by atomic mass is 79.9. The first-order valence-corrected chi connectivity index (χ1v) is 11.5. The van der Waals surface area contributed by atoms with Gasteiger partial charge in [-0.2, -0.15) is 18.3 Å². The minimum atomic E-state index is -4.82. The van der Waals surface area contributed by atoms with Gasteiger partial charge in [0.1, 0.15) is 6.54 Å². The summed E-state index contributed by atoms with van der Waals surface area (Å²) in [6.45, 7) is -0.836. The molecule has 0 heterocycles. The van der Waals surface area contributed by atoms with Crippen molar-refractivity contribution in [2.24, 2.45) is 5.10 Å². The number of carbonyl (C=O) groups is 1. The Bertz CT molecular complexity index is 1160. The molecule has 0 atom stereocenters. The summed E-state index contributed by atoms with van der Waals surface area (Å²) in [5.41, 5.74) is 0.872. The van der Waals surface area contributed by atoms with Crippen molar-refractivity contribution in [1.82, 2.24) is 5.43 Å². The average molecular weight is 559 g/mol. The number of phenols is 1. The first-order chi connectivity index (χ1) is 14.7. The molecule has 32 heavy (non-hydrogen) atoms. The number of carbonyl (C=O) groups excluding carboxylic acids is 1. The summed E-state index contributed by atoms with van der Waals surface area (Å²) < 4.78 is 69.3. The molecule has 8 nitrogen and oxygen atoms in total. The molecule has 0 aliphatic heterocycles. The lowest BCUT2D eigenvalue weighted by Gasteiger charge is -2.22. The van der Waals surface area contributed by atoms with E-state index in [4.69, 9.17) is 16.3 Å². The van der Waals surface area contributed by atoms with E-state index in [1.54, 1.807) is 0 Å². The maximum Gasteiger partial charge on any atom is 0.417 e. The molecule has 0 saturated heterocycles. The van der Waals surface area contributed by atoms with E-state index in [0.29, 0.717) is 20.4 Å². The third-order valence-electron chi connectivity index (χ3n) is 3.90. The van der Waals surface area contributed by atoms with E-state index in [0.717, 1.165) is 18.4 Å². The number of anilines is 1. The number of rotatable bonds is 7. The summed E-state index contributed by atoms with van der Waals surface area (Å²) in [6.07, 6.45) is -2.88. The Morgan fingerprint density at radius 2 is 2.00 bits per heavy atom. The predicted molar refractivity (Wildman–Crippen MR) is 117 cm³/mol. The molecule has 14 heteroatoms. The van der Waals surface area contributed by atoms with Crippen molar-refractivity contribution in [3.63, 3.8) is 0 Å². The number of phenolic OH excluding ortho intramolecular Hbond substituents is 1. The zero-order chi connectivity index (χ0) is 24.3. The number of nitrogens with zero attached hydrogens (tertiary/aromatic N) is 2. The highest BCUT2D eigenvalue weighted by molar-refractivity contribution is 9.10. The van der Waals surface area contributed by atoms with Crippen LogP contribution >= 0.6 is 27.5 Å². The molecule has 2 rings (SSSR count). The number of hydrazone groups is 1. The third kappa shape index (κ3) is 6.50. The van der Waals surface area contributed by atoms with Crippen molar-refractivity contribution in [1.29, 1.82) is 0 Å². The van der Waals surface area contributed by atoms with Gasteiger partial charge in [-0.05, 0) is 51.8 Å². The van der Waals surface area contributed by atoms with Gasteiger partial charge in [-0.1, -0.05) is 11.6 Å². The van der Waals surface area contributed by atoms with E-state index >= 15 is 0 Å². The van der Waals surface area contributed by atoms with Crippen LogP contribution in [0.3, 0.4) is 0 Å². The molecule has 2 N–H and O–H groups in total. The lowest BCUT2D eigenvalue weighted by Crippen LogP contribution is -2.39. The van der Waals surface area contributed by atoms with Crippen LogP contribution in [-0.4, -0.2) is 45.6 Å². The number of sulfonamides is 1. The van der Waals surface area contributed by atoms with Gasteiger partial charge in [-0.25, -0.2) is 13.8 Å². The van der Waals surface area contributed by atoms with Crippen LogP contribution in [0.15, 0.2) is 39.9 Å². The van der Waals surface area contributed by atoms with Gasteiger partial charge >= 0.3 is 6.18 Å². The molecule has 2 aromatic carbocycles. The van der Waals surface area contributed by atoms with Crippen LogP contribution in [0.25, 0.3) is 0 Å². The van der Waals surface area contributed by atoms with Gasteiger partial charge < -0.3 is 9.84 Å². The summed E-state index contributed by atoms with van der Waals surface area (Å²) in [5, 5.41) is 12.8. The van der Waals surface area contributed by atoms with Gasteiger partial charge in [0.15, 0.2) is 11.5 Å². The molecule has 0 spiro atoms. The number of amides is 1. The Morgan fingerprint density at radius 1 is 1.34 bits per heavy atom. The smallest absolute Gasteiger partial charge is 0.417 e. The summed E-state index contributed by atoms with van der Waals surface area (Å²) in [4.78, 5) is 12.2. The molecule has 174 valence electrons. The summed E-state index contributed by atoms with van der Waals surface area (Å²) in [6, 6.07) is 5.38. The fraction of sp³-hybridized carbons (Fsp3) is 0.222. The molecular formula is C18H16BrClF3N3O5S. The molecule has 2 aromatic rings. The summed E-state index contributed by atoms with van der Waals surface area (Å²) in [7, 11) is -2.79. The minimum absolute atomic E-state index is 0.138. The monoisotopic (exact) mass is 557 g/mol. The molecule has 0 fully saturated rings. The summed E-state index contributed by atoms with van der Waals surface area (Å²) in [5.74, 6) is -0.919. The van der Waals surface area contributed by atoms with Crippen molar-refractivity contribution in [3.8, 4) is 11.5 Å². The van der Waals surface area contributed by atoms with E-state index in [9.17, 15) is 31.5 Å². The van der Waals surface area contributed by atoms with Crippen LogP contribution in [0, 0.1) is 0 Å². The van der Waals surface area contributed by atoms with E-state index in [2.05, 4.69) is 26.5 Å². The van der Waals surface area contributed by atoms with Crippen LogP contribution in [0.4, 0.5) is 18.9 Å². The Labute approximate surface area is 194 Å². The summed E-state index contributed by atoms with van der Waals surface area (Å²) >= 11 is 8.68. The second-order valence-electron chi connectivity index (χ2n) is 6.28. The van der Waals surface area contributed by atoms with Gasteiger partial charge in [0.2, 0.25) is 10.0 Å². The van der Waals surface area contributed by atoms with Gasteiger partial charge in [0.25, 0.3) is 5.91 Å². The quantitative estimate of drug-likeness (QED) is 0.398. The van der Waals surface area contributed by atoms with E-state index in [-0.39, 0.29) is 11.5 Å². The lowest BCUT2D eigenvalue weighted by molar-refractivity contribution is -0.137. The predicted octanol–water partition coefficient (Wildman–Crippen LogP) is 3.75. The number of hydrogen-bond acceptors (Lipinski definition) is 6. The molecule has 1 amide bonds. The molecule has 0 aromatic heterocycles. The zero-order valence-electron chi connectivity index (χ0n) is 16.4. The van der Waals surface area contributed by atoms with Crippen LogP contribution in [0.2, 0.25) is 5.02 Å². The number of ether oxygens (including phenoxy) is 1. The number of hydrogen-bond donors (Lipinski definition) is 2. The molecule has 0 aliphatic rings. The molecule has 0 bridgehead atoms. The highest BCUT2D eigenvalue weighted by Gasteiger charge is 2.34.